The van der Waals surface area contributed by atoms with Crippen LogP contribution in [0.3, 0.4) is 0 Å². The van der Waals surface area contributed by atoms with Gasteiger partial charge in [-0.3, -0.25) is 4.79 Å². The summed E-state index contributed by atoms with van der Waals surface area (Å²) in [6, 6.07) is 1.45. The Bertz CT molecular complexity index is 553. The Morgan fingerprint density at radius 3 is 2.47 bits per heavy atom. The van der Waals surface area contributed by atoms with Gasteiger partial charge in [-0.25, -0.2) is 15.0 Å². The molecule has 2 heterocycles. The molecule has 0 aliphatic carbocycles. The number of anilines is 2. The minimum atomic E-state index is 0.171. The van der Waals surface area contributed by atoms with E-state index in [0.29, 0.717) is 20.7 Å². The van der Waals surface area contributed by atoms with Gasteiger partial charge in [0.1, 0.15) is 16.5 Å². The van der Waals surface area contributed by atoms with Crippen LogP contribution in [-0.2, 0) is 0 Å². The number of hydrogen-bond acceptors (Lipinski definition) is 8. The molecule has 88 valence electrons. The summed E-state index contributed by atoms with van der Waals surface area (Å²) in [5, 5.41) is 0.537. The molecule has 0 aliphatic heterocycles. The molecule has 6 nitrogen and oxygen atoms in total. The summed E-state index contributed by atoms with van der Waals surface area (Å²) >= 11 is 8.04. The van der Waals surface area contributed by atoms with Crippen molar-refractivity contribution in [1.29, 1.82) is 0 Å². The van der Waals surface area contributed by atoms with Crippen LogP contribution in [0.5, 0.6) is 0 Å². The molecular weight excluding hydrogens is 282 g/mol. The van der Waals surface area contributed by atoms with Crippen molar-refractivity contribution in [3.63, 3.8) is 0 Å². The molecule has 2 aromatic heterocycles. The molecule has 2 rings (SSSR count). The third-order valence-electron chi connectivity index (χ3n) is 1.62. The second-order valence-electron chi connectivity index (χ2n) is 2.85. The number of rotatable bonds is 3. The van der Waals surface area contributed by atoms with Crippen molar-refractivity contribution in [2.45, 2.75) is 9.50 Å². The summed E-state index contributed by atoms with van der Waals surface area (Å²) in [6.07, 6.45) is 0.651. The van der Waals surface area contributed by atoms with Gasteiger partial charge in [0.25, 0.3) is 0 Å². The van der Waals surface area contributed by atoms with Gasteiger partial charge in [0.15, 0.2) is 20.9 Å². The Kier molecular flexibility index (Phi) is 3.46. The monoisotopic (exact) mass is 287 g/mol. The van der Waals surface area contributed by atoms with E-state index in [9.17, 15) is 4.79 Å². The number of aldehydes is 1. The van der Waals surface area contributed by atoms with E-state index in [1.807, 2.05) is 0 Å². The second-order valence-corrected chi connectivity index (χ2v) is 5.46. The van der Waals surface area contributed by atoms with Gasteiger partial charge in [-0.15, -0.1) is 11.3 Å². The van der Waals surface area contributed by atoms with Crippen molar-refractivity contribution in [2.24, 2.45) is 0 Å². The maximum Gasteiger partial charge on any atom is 0.198 e. The number of carbonyl (C=O) groups excluding carboxylic acids is 1. The first kappa shape index (κ1) is 12.1. The molecule has 17 heavy (non-hydrogen) atoms. The molecular formula is C8H6ClN5OS2. The van der Waals surface area contributed by atoms with Crippen LogP contribution in [0, 0.1) is 0 Å². The molecule has 2 aromatic rings. The molecule has 0 fully saturated rings. The average molecular weight is 288 g/mol. The molecule has 0 bridgehead atoms. The maximum atomic E-state index is 10.6. The number of halogens is 1. The van der Waals surface area contributed by atoms with E-state index < -0.39 is 0 Å². The molecule has 0 radical (unpaired) electrons. The fourth-order valence-corrected chi connectivity index (χ4v) is 3.10. The van der Waals surface area contributed by atoms with E-state index in [-0.39, 0.29) is 16.8 Å². The minimum absolute atomic E-state index is 0.171. The standard InChI is InChI=1S/C8H6ClN5OS2/c9-6-3(2-15)16-8(14-6)17-7-12-4(10)1-5(11)13-7/h1-2H,(H4,10,11,12,13). The summed E-state index contributed by atoms with van der Waals surface area (Å²) in [5.41, 5.74) is 11.1. The van der Waals surface area contributed by atoms with E-state index in [2.05, 4.69) is 15.0 Å². The van der Waals surface area contributed by atoms with Crippen LogP contribution in [0.15, 0.2) is 15.6 Å². The third kappa shape index (κ3) is 2.84. The van der Waals surface area contributed by atoms with Crippen LogP contribution >= 0.6 is 34.7 Å². The van der Waals surface area contributed by atoms with E-state index in [0.717, 1.165) is 23.1 Å². The number of hydrogen-bond donors (Lipinski definition) is 2. The SMILES string of the molecule is Nc1cc(N)nc(Sc2nc(Cl)c(C=O)s2)n1. The van der Waals surface area contributed by atoms with E-state index in [1.165, 1.54) is 6.07 Å². The van der Waals surface area contributed by atoms with Gasteiger partial charge in [0.2, 0.25) is 0 Å². The molecule has 0 atom stereocenters. The zero-order valence-corrected chi connectivity index (χ0v) is 10.6. The molecule has 0 saturated carbocycles. The Labute approximate surface area is 109 Å². The highest BCUT2D eigenvalue weighted by atomic mass is 35.5. The van der Waals surface area contributed by atoms with Gasteiger partial charge < -0.3 is 11.5 Å². The van der Waals surface area contributed by atoms with Crippen molar-refractivity contribution in [2.75, 3.05) is 11.5 Å². The lowest BCUT2D eigenvalue weighted by atomic mass is 10.5. The Morgan fingerprint density at radius 1 is 1.29 bits per heavy atom. The van der Waals surface area contributed by atoms with Crippen LogP contribution in [0.25, 0.3) is 0 Å². The first-order valence-electron chi connectivity index (χ1n) is 4.28. The molecule has 0 aliphatic rings. The zero-order chi connectivity index (χ0) is 12.4. The molecule has 0 saturated heterocycles. The lowest BCUT2D eigenvalue weighted by Crippen LogP contribution is -1.98. The largest absolute Gasteiger partial charge is 0.383 e. The molecule has 0 aromatic carbocycles. The van der Waals surface area contributed by atoms with Crippen molar-refractivity contribution < 1.29 is 4.79 Å². The Balaban J connectivity index is 2.27. The fourth-order valence-electron chi connectivity index (χ4n) is 0.996. The van der Waals surface area contributed by atoms with Gasteiger partial charge >= 0.3 is 0 Å². The molecule has 0 amide bonds. The number of thiazole rings is 1. The Morgan fingerprint density at radius 2 is 1.94 bits per heavy atom. The number of nitrogens with two attached hydrogens (primary N) is 2. The normalized spacial score (nSPS) is 10.4. The highest BCUT2D eigenvalue weighted by Crippen LogP contribution is 2.32. The Hall–Kier alpha value is -1.38. The summed E-state index contributed by atoms with van der Waals surface area (Å²) in [6.45, 7) is 0. The average Bonchev–Trinajstić information content (AvgIpc) is 2.57. The van der Waals surface area contributed by atoms with Crippen LogP contribution in [0.4, 0.5) is 11.6 Å². The van der Waals surface area contributed by atoms with Gasteiger partial charge in [-0.2, -0.15) is 0 Å². The van der Waals surface area contributed by atoms with Gasteiger partial charge in [0, 0.05) is 6.07 Å². The highest BCUT2D eigenvalue weighted by molar-refractivity contribution is 8.00. The lowest BCUT2D eigenvalue weighted by molar-refractivity contribution is 0.112. The number of aromatic nitrogens is 3. The molecule has 9 heteroatoms. The smallest absolute Gasteiger partial charge is 0.198 e. The van der Waals surface area contributed by atoms with Gasteiger partial charge in [-0.1, -0.05) is 11.6 Å². The summed E-state index contributed by atoms with van der Waals surface area (Å²) < 4.78 is 0.558. The van der Waals surface area contributed by atoms with E-state index in [4.69, 9.17) is 23.1 Å². The first-order chi connectivity index (χ1) is 8.08. The highest BCUT2D eigenvalue weighted by Gasteiger charge is 2.11. The molecule has 4 N–H and O–H groups in total. The van der Waals surface area contributed by atoms with Crippen LogP contribution in [0.2, 0.25) is 5.15 Å². The predicted molar refractivity (Wildman–Crippen MR) is 67.5 cm³/mol. The van der Waals surface area contributed by atoms with E-state index >= 15 is 0 Å². The minimum Gasteiger partial charge on any atom is -0.383 e. The fraction of sp³-hybridized carbons (Fsp3) is 0. The topological polar surface area (TPSA) is 108 Å². The maximum absolute atomic E-state index is 10.6. The molecule has 0 spiro atoms. The van der Waals surface area contributed by atoms with Crippen LogP contribution in [0.1, 0.15) is 9.67 Å². The number of carbonyl (C=O) groups is 1. The summed E-state index contributed by atoms with van der Waals surface area (Å²) in [4.78, 5) is 22.9. The zero-order valence-electron chi connectivity index (χ0n) is 8.25. The van der Waals surface area contributed by atoms with Crippen molar-refractivity contribution in [1.82, 2.24) is 15.0 Å². The predicted octanol–water partition coefficient (Wildman–Crippen LogP) is 1.71. The molecule has 0 unspecified atom stereocenters. The van der Waals surface area contributed by atoms with Crippen LogP contribution in [-0.4, -0.2) is 21.2 Å². The summed E-state index contributed by atoms with van der Waals surface area (Å²) in [7, 11) is 0. The third-order valence-corrected chi connectivity index (χ3v) is 3.93. The number of nitrogens with zero attached hydrogens (tertiary/aromatic N) is 3. The first-order valence-corrected chi connectivity index (χ1v) is 6.29. The van der Waals surface area contributed by atoms with Gasteiger partial charge in [-0.05, 0) is 11.8 Å². The van der Waals surface area contributed by atoms with Crippen molar-refractivity contribution in [3.8, 4) is 0 Å². The van der Waals surface area contributed by atoms with Crippen LogP contribution < -0.4 is 11.5 Å². The quantitative estimate of drug-likeness (QED) is 0.653. The van der Waals surface area contributed by atoms with E-state index in [1.54, 1.807) is 0 Å². The second kappa shape index (κ2) is 4.86. The number of nitrogen functional groups attached to an aromatic ring is 2. The van der Waals surface area contributed by atoms with Gasteiger partial charge in [0.05, 0.1) is 0 Å². The lowest BCUT2D eigenvalue weighted by Gasteiger charge is -1.99. The van der Waals surface area contributed by atoms with Crippen molar-refractivity contribution in [3.05, 3.63) is 16.1 Å². The summed E-state index contributed by atoms with van der Waals surface area (Å²) in [5.74, 6) is 0.552. The van der Waals surface area contributed by atoms with Crippen molar-refractivity contribution >= 4 is 52.6 Å².